The van der Waals surface area contributed by atoms with Crippen molar-refractivity contribution in [3.8, 4) is 0 Å². The first-order valence-corrected chi connectivity index (χ1v) is 7.22. The molecule has 0 amide bonds. The monoisotopic (exact) mass is 288 g/mol. The Kier molecular flexibility index (Phi) is 4.46. The SMILES string of the molecule is Cc1ccc(C(CF)(CF)c2ccc(C)c(C)c2)cc1C. The van der Waals surface area contributed by atoms with Crippen molar-refractivity contribution in [1.29, 1.82) is 0 Å². The summed E-state index contributed by atoms with van der Waals surface area (Å²) in [7, 11) is 0. The van der Waals surface area contributed by atoms with Crippen LogP contribution in [0.2, 0.25) is 0 Å². The maximum atomic E-state index is 13.9. The van der Waals surface area contributed by atoms with E-state index >= 15 is 0 Å². The Hall–Kier alpha value is -1.70. The standard InChI is InChI=1S/C19H22F2/c1-13-5-7-17(9-15(13)3)19(11-20,12-21)18-8-6-14(2)16(4)10-18/h5-10H,11-12H2,1-4H3. The highest BCUT2D eigenvalue weighted by molar-refractivity contribution is 5.45. The van der Waals surface area contributed by atoms with E-state index in [1.807, 2.05) is 64.1 Å². The summed E-state index contributed by atoms with van der Waals surface area (Å²) in [5.74, 6) is 0. The molecule has 0 aliphatic heterocycles. The van der Waals surface area contributed by atoms with E-state index in [0.29, 0.717) is 11.1 Å². The molecule has 0 saturated carbocycles. The average molecular weight is 288 g/mol. The fraction of sp³-hybridized carbons (Fsp3) is 0.368. The molecule has 0 atom stereocenters. The van der Waals surface area contributed by atoms with E-state index in [1.54, 1.807) is 0 Å². The van der Waals surface area contributed by atoms with Crippen LogP contribution >= 0.6 is 0 Å². The lowest BCUT2D eigenvalue weighted by Gasteiger charge is -2.30. The Balaban J connectivity index is 2.63. The van der Waals surface area contributed by atoms with E-state index in [4.69, 9.17) is 0 Å². The number of hydrogen-bond acceptors (Lipinski definition) is 0. The topological polar surface area (TPSA) is 0 Å². The molecule has 0 aromatic heterocycles. The minimum Gasteiger partial charge on any atom is -0.250 e. The fourth-order valence-corrected chi connectivity index (χ4v) is 2.59. The van der Waals surface area contributed by atoms with Gasteiger partial charge in [0.2, 0.25) is 0 Å². The summed E-state index contributed by atoms with van der Waals surface area (Å²) in [6, 6.07) is 11.4. The lowest BCUT2D eigenvalue weighted by Crippen LogP contribution is -2.33. The maximum Gasteiger partial charge on any atom is 0.106 e. The van der Waals surface area contributed by atoms with Gasteiger partial charge in [-0.05, 0) is 61.1 Å². The summed E-state index contributed by atoms with van der Waals surface area (Å²) in [4.78, 5) is 0. The molecule has 112 valence electrons. The fourth-order valence-electron chi connectivity index (χ4n) is 2.59. The molecule has 2 rings (SSSR count). The smallest absolute Gasteiger partial charge is 0.106 e. The highest BCUT2D eigenvalue weighted by Crippen LogP contribution is 2.35. The van der Waals surface area contributed by atoms with Crippen LogP contribution in [0.1, 0.15) is 33.4 Å². The molecular weight excluding hydrogens is 266 g/mol. The van der Waals surface area contributed by atoms with Crippen molar-refractivity contribution < 1.29 is 8.78 Å². The van der Waals surface area contributed by atoms with Crippen molar-refractivity contribution in [2.75, 3.05) is 13.3 Å². The van der Waals surface area contributed by atoms with Crippen molar-refractivity contribution in [3.63, 3.8) is 0 Å². The predicted molar refractivity (Wildman–Crippen MR) is 84.6 cm³/mol. The van der Waals surface area contributed by atoms with Gasteiger partial charge in [-0.2, -0.15) is 0 Å². The van der Waals surface area contributed by atoms with Gasteiger partial charge >= 0.3 is 0 Å². The third-order valence-electron chi connectivity index (χ3n) is 4.58. The molecule has 0 saturated heterocycles. The molecule has 0 radical (unpaired) electrons. The van der Waals surface area contributed by atoms with Gasteiger partial charge in [0.25, 0.3) is 0 Å². The first-order valence-electron chi connectivity index (χ1n) is 7.22. The number of halogens is 2. The molecule has 2 heteroatoms. The quantitative estimate of drug-likeness (QED) is 0.730. The zero-order valence-electron chi connectivity index (χ0n) is 13.1. The molecule has 2 aromatic carbocycles. The van der Waals surface area contributed by atoms with Gasteiger partial charge in [0, 0.05) is 0 Å². The molecule has 2 aromatic rings. The highest BCUT2D eigenvalue weighted by Gasteiger charge is 2.35. The van der Waals surface area contributed by atoms with E-state index in [1.165, 1.54) is 0 Å². The van der Waals surface area contributed by atoms with E-state index in [9.17, 15) is 8.78 Å². The molecule has 21 heavy (non-hydrogen) atoms. The number of hydrogen-bond donors (Lipinski definition) is 0. The van der Waals surface area contributed by atoms with Gasteiger partial charge in [-0.1, -0.05) is 36.4 Å². The number of alkyl halides is 2. The van der Waals surface area contributed by atoms with Crippen LogP contribution in [0.25, 0.3) is 0 Å². The molecule has 0 N–H and O–H groups in total. The summed E-state index contributed by atoms with van der Waals surface area (Å²) < 4.78 is 27.8. The van der Waals surface area contributed by atoms with Crippen molar-refractivity contribution in [2.45, 2.75) is 33.1 Å². The van der Waals surface area contributed by atoms with Crippen molar-refractivity contribution in [2.24, 2.45) is 0 Å². The summed E-state index contributed by atoms with van der Waals surface area (Å²) in [6.07, 6.45) is 0. The second-order valence-corrected chi connectivity index (χ2v) is 5.95. The highest BCUT2D eigenvalue weighted by atomic mass is 19.1. The van der Waals surface area contributed by atoms with Gasteiger partial charge in [-0.3, -0.25) is 0 Å². The molecule has 0 unspecified atom stereocenters. The normalized spacial score (nSPS) is 11.7. The zero-order chi connectivity index (χ0) is 15.6. The molecular formula is C19H22F2. The van der Waals surface area contributed by atoms with Crippen LogP contribution in [0, 0.1) is 27.7 Å². The van der Waals surface area contributed by atoms with Gasteiger partial charge in [0.1, 0.15) is 13.3 Å². The van der Waals surface area contributed by atoms with E-state index in [2.05, 4.69) is 0 Å². The largest absolute Gasteiger partial charge is 0.250 e. The molecule has 0 heterocycles. The van der Waals surface area contributed by atoms with Crippen LogP contribution in [0.5, 0.6) is 0 Å². The van der Waals surface area contributed by atoms with Gasteiger partial charge in [-0.15, -0.1) is 0 Å². The first kappa shape index (κ1) is 15.7. The Bertz CT molecular complexity index is 587. The van der Waals surface area contributed by atoms with Crippen LogP contribution in [0.3, 0.4) is 0 Å². The Labute approximate surface area is 125 Å². The second kappa shape index (κ2) is 5.97. The second-order valence-electron chi connectivity index (χ2n) is 5.95. The molecule has 0 nitrogen and oxygen atoms in total. The molecule has 0 bridgehead atoms. The summed E-state index contributed by atoms with van der Waals surface area (Å²) in [6.45, 7) is 6.47. The van der Waals surface area contributed by atoms with Gasteiger partial charge in [0.15, 0.2) is 0 Å². The Morgan fingerprint density at radius 1 is 0.667 bits per heavy atom. The lowest BCUT2D eigenvalue weighted by atomic mass is 9.75. The summed E-state index contributed by atoms with van der Waals surface area (Å²) in [5.41, 5.74) is 4.59. The van der Waals surface area contributed by atoms with E-state index in [0.717, 1.165) is 22.3 Å². The number of rotatable bonds is 4. The summed E-state index contributed by atoms with van der Waals surface area (Å²) in [5, 5.41) is 0. The maximum absolute atomic E-state index is 13.9. The number of aryl methyl sites for hydroxylation is 4. The lowest BCUT2D eigenvalue weighted by molar-refractivity contribution is 0.278. The average Bonchev–Trinajstić information content (AvgIpc) is 2.48. The van der Waals surface area contributed by atoms with Crippen molar-refractivity contribution in [3.05, 3.63) is 69.8 Å². The van der Waals surface area contributed by atoms with Crippen LogP contribution in [0.4, 0.5) is 8.78 Å². The third kappa shape index (κ3) is 2.72. The van der Waals surface area contributed by atoms with Gasteiger partial charge in [0.05, 0.1) is 5.41 Å². The van der Waals surface area contributed by atoms with Gasteiger partial charge < -0.3 is 0 Å². The molecule has 0 fully saturated rings. The van der Waals surface area contributed by atoms with Crippen LogP contribution in [0.15, 0.2) is 36.4 Å². The molecule has 0 spiro atoms. The Morgan fingerprint density at radius 3 is 1.33 bits per heavy atom. The minimum absolute atomic E-state index is 0.707. The number of benzene rings is 2. The predicted octanol–water partition coefficient (Wildman–Crippen LogP) is 5.15. The Morgan fingerprint density at radius 2 is 1.05 bits per heavy atom. The van der Waals surface area contributed by atoms with Gasteiger partial charge in [-0.25, -0.2) is 8.78 Å². The molecule has 0 aliphatic rings. The van der Waals surface area contributed by atoms with Crippen LogP contribution in [-0.2, 0) is 5.41 Å². The molecule has 0 aliphatic carbocycles. The van der Waals surface area contributed by atoms with Crippen LogP contribution in [-0.4, -0.2) is 13.3 Å². The summed E-state index contributed by atoms with van der Waals surface area (Å²) >= 11 is 0. The van der Waals surface area contributed by atoms with E-state index < -0.39 is 18.8 Å². The van der Waals surface area contributed by atoms with Crippen LogP contribution < -0.4 is 0 Å². The third-order valence-corrected chi connectivity index (χ3v) is 4.58. The van der Waals surface area contributed by atoms with Crippen molar-refractivity contribution >= 4 is 0 Å². The van der Waals surface area contributed by atoms with Crippen molar-refractivity contribution in [1.82, 2.24) is 0 Å². The van der Waals surface area contributed by atoms with E-state index in [-0.39, 0.29) is 0 Å². The zero-order valence-corrected chi connectivity index (χ0v) is 13.1. The first-order chi connectivity index (χ1) is 9.94. The minimum atomic E-state index is -1.20.